The molecule has 0 bridgehead atoms. The summed E-state index contributed by atoms with van der Waals surface area (Å²) in [6.45, 7) is -0.0327. The van der Waals surface area contributed by atoms with Crippen molar-refractivity contribution in [1.82, 2.24) is 14.8 Å². The fourth-order valence-electron chi connectivity index (χ4n) is 1.00. The van der Waals surface area contributed by atoms with E-state index in [0.717, 1.165) is 11.8 Å². The molecule has 1 atom stereocenters. The van der Waals surface area contributed by atoms with Crippen LogP contribution in [0.5, 0.6) is 0 Å². The van der Waals surface area contributed by atoms with E-state index in [-0.39, 0.29) is 11.8 Å². The number of aliphatic carboxylic acids is 1. The Balaban J connectivity index is 3.01. The third kappa shape index (κ3) is 3.43. The van der Waals surface area contributed by atoms with E-state index in [1.807, 2.05) is 0 Å². The van der Waals surface area contributed by atoms with Gasteiger partial charge in [-0.05, 0) is 0 Å². The number of rotatable bonds is 5. The number of thioether (sulfide) groups is 1. The summed E-state index contributed by atoms with van der Waals surface area (Å²) >= 11 is 0.828. The van der Waals surface area contributed by atoms with Crippen molar-refractivity contribution >= 4 is 17.7 Å². The molecule has 94 valence electrons. The highest BCUT2D eigenvalue weighted by atomic mass is 32.2. The molecule has 2 N–H and O–H groups in total. The first-order valence-electron chi connectivity index (χ1n) is 4.51. The highest BCUT2D eigenvalue weighted by Crippen LogP contribution is 2.19. The smallest absolute Gasteiger partial charge is 0.339 e. The van der Waals surface area contributed by atoms with Gasteiger partial charge in [-0.2, -0.15) is 4.98 Å². The van der Waals surface area contributed by atoms with E-state index in [0.29, 0.717) is 0 Å². The topological polar surface area (TPSA) is 114 Å². The number of hydrogen-bond donors (Lipinski definition) is 2. The van der Waals surface area contributed by atoms with Crippen LogP contribution in [0.15, 0.2) is 14.7 Å². The zero-order valence-electron chi connectivity index (χ0n) is 9.17. The van der Waals surface area contributed by atoms with E-state index in [2.05, 4.69) is 10.1 Å². The molecule has 0 aromatic carbocycles. The average molecular weight is 261 g/mol. The molecule has 1 rings (SSSR count). The molecule has 1 unspecified atom stereocenters. The molecule has 0 radical (unpaired) electrons. The Hall–Kier alpha value is -1.61. The molecular formula is C8H11N3O5S. The lowest BCUT2D eigenvalue weighted by atomic mass is 10.5. The monoisotopic (exact) mass is 261 g/mol. The molecule has 1 aromatic rings. The SMILES string of the molecule is COCC(Sc1nc(=O)c(=O)[nH]n1C)C(=O)O. The van der Waals surface area contributed by atoms with Crippen LogP contribution in [-0.2, 0) is 16.6 Å². The normalized spacial score (nSPS) is 12.4. The summed E-state index contributed by atoms with van der Waals surface area (Å²) in [6.07, 6.45) is 0. The number of carbonyl (C=O) groups is 1. The minimum atomic E-state index is -1.09. The maximum Gasteiger partial charge on any atom is 0.339 e. The second kappa shape index (κ2) is 5.64. The number of carboxylic acids is 1. The van der Waals surface area contributed by atoms with Gasteiger partial charge in [0.1, 0.15) is 5.25 Å². The van der Waals surface area contributed by atoms with Crippen molar-refractivity contribution in [2.75, 3.05) is 13.7 Å². The van der Waals surface area contributed by atoms with Gasteiger partial charge in [-0.25, -0.2) is 0 Å². The number of carboxylic acid groups (broad SMARTS) is 1. The van der Waals surface area contributed by atoms with E-state index in [4.69, 9.17) is 9.84 Å². The maximum atomic E-state index is 11.0. The van der Waals surface area contributed by atoms with Crippen molar-refractivity contribution < 1.29 is 14.6 Å². The summed E-state index contributed by atoms with van der Waals surface area (Å²) in [5, 5.41) is 10.3. The van der Waals surface area contributed by atoms with E-state index in [1.54, 1.807) is 0 Å². The Morgan fingerprint density at radius 1 is 1.65 bits per heavy atom. The predicted molar refractivity (Wildman–Crippen MR) is 59.3 cm³/mol. The van der Waals surface area contributed by atoms with Gasteiger partial charge < -0.3 is 9.84 Å². The number of nitrogens with zero attached hydrogens (tertiary/aromatic N) is 2. The van der Waals surface area contributed by atoms with Crippen LogP contribution in [0.2, 0.25) is 0 Å². The van der Waals surface area contributed by atoms with E-state index in [1.165, 1.54) is 18.8 Å². The van der Waals surface area contributed by atoms with Gasteiger partial charge in [-0.1, -0.05) is 11.8 Å². The third-order valence-electron chi connectivity index (χ3n) is 1.79. The quantitative estimate of drug-likeness (QED) is 0.498. The van der Waals surface area contributed by atoms with Crippen LogP contribution in [0.1, 0.15) is 0 Å². The van der Waals surface area contributed by atoms with E-state index < -0.39 is 22.3 Å². The van der Waals surface area contributed by atoms with Crippen LogP contribution in [-0.4, -0.2) is 44.8 Å². The summed E-state index contributed by atoms with van der Waals surface area (Å²) < 4.78 is 5.94. The van der Waals surface area contributed by atoms with Gasteiger partial charge in [0.05, 0.1) is 6.61 Å². The van der Waals surface area contributed by atoms with Gasteiger partial charge in [0.25, 0.3) is 0 Å². The molecule has 0 saturated heterocycles. The number of aromatic nitrogens is 3. The minimum Gasteiger partial charge on any atom is -0.480 e. The van der Waals surface area contributed by atoms with Crippen LogP contribution in [0.25, 0.3) is 0 Å². The lowest BCUT2D eigenvalue weighted by Gasteiger charge is -2.11. The summed E-state index contributed by atoms with van der Waals surface area (Å²) in [6, 6.07) is 0. The van der Waals surface area contributed by atoms with E-state index in [9.17, 15) is 14.4 Å². The molecule has 0 amide bonds. The summed E-state index contributed by atoms with van der Waals surface area (Å²) in [5.74, 6) is -1.09. The maximum absolute atomic E-state index is 11.0. The molecule has 1 aromatic heterocycles. The Bertz CT molecular complexity index is 523. The molecule has 0 aliphatic heterocycles. The zero-order chi connectivity index (χ0) is 13.0. The standard InChI is InChI=1S/C8H11N3O5S/c1-11-8(9-5(12)6(13)10-11)17-4(3-16-2)7(14)15/h4H,3H2,1-2H3,(H,10,13)(H,14,15). The second-order valence-electron chi connectivity index (χ2n) is 3.10. The van der Waals surface area contributed by atoms with Crippen LogP contribution in [0.4, 0.5) is 0 Å². The van der Waals surface area contributed by atoms with Crippen LogP contribution >= 0.6 is 11.8 Å². The van der Waals surface area contributed by atoms with Gasteiger partial charge in [-0.15, -0.1) is 0 Å². The Kier molecular flexibility index (Phi) is 4.46. The Morgan fingerprint density at radius 3 is 2.82 bits per heavy atom. The highest BCUT2D eigenvalue weighted by Gasteiger charge is 2.21. The van der Waals surface area contributed by atoms with Gasteiger partial charge in [-0.3, -0.25) is 24.2 Å². The Morgan fingerprint density at radius 2 is 2.29 bits per heavy atom. The van der Waals surface area contributed by atoms with Crippen molar-refractivity contribution in [1.29, 1.82) is 0 Å². The minimum absolute atomic E-state index is 0.0327. The van der Waals surface area contributed by atoms with Gasteiger partial charge in [0, 0.05) is 14.2 Å². The fraction of sp³-hybridized carbons (Fsp3) is 0.500. The molecule has 0 saturated carbocycles. The van der Waals surface area contributed by atoms with Crippen molar-refractivity contribution in [3.63, 3.8) is 0 Å². The first kappa shape index (κ1) is 13.5. The summed E-state index contributed by atoms with van der Waals surface area (Å²) in [5.41, 5.74) is -1.80. The molecular weight excluding hydrogens is 250 g/mol. The molecule has 0 spiro atoms. The van der Waals surface area contributed by atoms with Crippen molar-refractivity contribution in [2.45, 2.75) is 10.4 Å². The number of methoxy groups -OCH3 is 1. The van der Waals surface area contributed by atoms with Crippen LogP contribution in [0.3, 0.4) is 0 Å². The lowest BCUT2D eigenvalue weighted by molar-refractivity contribution is -0.137. The number of aryl methyl sites for hydroxylation is 1. The molecule has 8 nitrogen and oxygen atoms in total. The first-order valence-corrected chi connectivity index (χ1v) is 5.39. The number of H-pyrrole nitrogens is 1. The number of aromatic amines is 1. The van der Waals surface area contributed by atoms with Crippen LogP contribution < -0.4 is 11.1 Å². The molecule has 0 aliphatic carbocycles. The second-order valence-corrected chi connectivity index (χ2v) is 4.27. The average Bonchev–Trinajstić information content (AvgIpc) is 2.24. The summed E-state index contributed by atoms with van der Waals surface area (Å²) in [4.78, 5) is 36.3. The summed E-state index contributed by atoms with van der Waals surface area (Å²) in [7, 11) is 2.83. The highest BCUT2D eigenvalue weighted by molar-refractivity contribution is 8.00. The third-order valence-corrected chi connectivity index (χ3v) is 2.99. The largest absolute Gasteiger partial charge is 0.480 e. The van der Waals surface area contributed by atoms with Gasteiger partial charge >= 0.3 is 17.1 Å². The molecule has 0 fully saturated rings. The number of ether oxygens (including phenoxy) is 1. The fourth-order valence-corrected chi connectivity index (χ4v) is 1.90. The molecule has 0 aliphatic rings. The first-order chi connectivity index (χ1) is 7.95. The lowest BCUT2D eigenvalue weighted by Crippen LogP contribution is -2.34. The number of hydrogen-bond acceptors (Lipinski definition) is 6. The van der Waals surface area contributed by atoms with Crippen molar-refractivity contribution in [2.24, 2.45) is 7.05 Å². The predicted octanol–water partition coefficient (Wildman–Crippen LogP) is -1.34. The Labute approximate surface area is 99.6 Å². The van der Waals surface area contributed by atoms with Gasteiger partial charge in [0.15, 0.2) is 5.16 Å². The van der Waals surface area contributed by atoms with E-state index >= 15 is 0 Å². The molecule has 9 heteroatoms. The molecule has 17 heavy (non-hydrogen) atoms. The van der Waals surface area contributed by atoms with Gasteiger partial charge in [0.2, 0.25) is 0 Å². The van der Waals surface area contributed by atoms with Crippen molar-refractivity contribution in [3.8, 4) is 0 Å². The number of nitrogens with one attached hydrogen (secondary N) is 1. The molecule has 1 heterocycles. The zero-order valence-corrected chi connectivity index (χ0v) is 9.98. The van der Waals surface area contributed by atoms with Crippen LogP contribution in [0, 0.1) is 0 Å². The van der Waals surface area contributed by atoms with Crippen molar-refractivity contribution in [3.05, 3.63) is 20.7 Å².